The van der Waals surface area contributed by atoms with Crippen LogP contribution >= 0.6 is 0 Å². The molecule has 1 saturated carbocycles. The van der Waals surface area contributed by atoms with E-state index in [0.29, 0.717) is 23.3 Å². The van der Waals surface area contributed by atoms with E-state index in [4.69, 9.17) is 0 Å². The first-order valence-corrected chi connectivity index (χ1v) is 11.9. The van der Waals surface area contributed by atoms with E-state index in [1.807, 2.05) is 0 Å². The van der Waals surface area contributed by atoms with Crippen molar-refractivity contribution in [3.05, 3.63) is 0 Å². The van der Waals surface area contributed by atoms with Crippen LogP contribution in [-0.2, 0) is 9.59 Å². The quantitative estimate of drug-likeness (QED) is 0.704. The standard InChI is InChI=1S/C23H40N4O2/c1-23(9-10-23)8-5-21(28)25-12-6-20(7-13-25)27-11-3-4-19(18-27)22(29)26-16-14-24(2)15-17-26/h19-20H,3-18H2,1-2H3/t19-/m1/s1. The molecule has 1 aliphatic carbocycles. The summed E-state index contributed by atoms with van der Waals surface area (Å²) in [5.74, 6) is 0.911. The van der Waals surface area contributed by atoms with E-state index in [-0.39, 0.29) is 5.92 Å². The van der Waals surface area contributed by atoms with Gasteiger partial charge in [0.25, 0.3) is 0 Å². The second-order valence-corrected chi connectivity index (χ2v) is 10.4. The SMILES string of the molecule is CN1CCN(C(=O)[C@@H]2CCCN(C3CCN(C(=O)CCC4(C)CC4)CC3)C2)CC1. The van der Waals surface area contributed by atoms with Gasteiger partial charge in [0.15, 0.2) is 0 Å². The number of carbonyl (C=O) groups is 2. The number of rotatable bonds is 5. The van der Waals surface area contributed by atoms with Gasteiger partial charge in [0.1, 0.15) is 0 Å². The first-order chi connectivity index (χ1) is 13.9. The lowest BCUT2D eigenvalue weighted by Crippen LogP contribution is -2.54. The van der Waals surface area contributed by atoms with Gasteiger partial charge in [-0.1, -0.05) is 6.92 Å². The Hall–Kier alpha value is -1.14. The van der Waals surface area contributed by atoms with Crippen LogP contribution in [0, 0.1) is 11.3 Å². The lowest BCUT2D eigenvalue weighted by atomic mass is 9.92. The van der Waals surface area contributed by atoms with E-state index < -0.39 is 0 Å². The topological polar surface area (TPSA) is 47.1 Å². The zero-order valence-electron chi connectivity index (χ0n) is 18.6. The van der Waals surface area contributed by atoms with Crippen molar-refractivity contribution < 1.29 is 9.59 Å². The predicted molar refractivity (Wildman–Crippen MR) is 115 cm³/mol. The van der Waals surface area contributed by atoms with Gasteiger partial charge in [-0.25, -0.2) is 0 Å². The lowest BCUT2D eigenvalue weighted by Gasteiger charge is -2.43. The van der Waals surface area contributed by atoms with Gasteiger partial charge in [0, 0.05) is 58.3 Å². The average Bonchev–Trinajstić information content (AvgIpc) is 3.50. The molecule has 0 aromatic heterocycles. The van der Waals surface area contributed by atoms with Crippen molar-refractivity contribution in [1.29, 1.82) is 0 Å². The monoisotopic (exact) mass is 404 g/mol. The molecule has 29 heavy (non-hydrogen) atoms. The molecule has 4 rings (SSSR count). The van der Waals surface area contributed by atoms with Crippen molar-refractivity contribution in [3.63, 3.8) is 0 Å². The van der Waals surface area contributed by atoms with Crippen LogP contribution < -0.4 is 0 Å². The molecule has 0 unspecified atom stereocenters. The molecule has 2 amide bonds. The van der Waals surface area contributed by atoms with Crippen LogP contribution in [0.25, 0.3) is 0 Å². The van der Waals surface area contributed by atoms with Gasteiger partial charge in [-0.2, -0.15) is 0 Å². The summed E-state index contributed by atoms with van der Waals surface area (Å²) >= 11 is 0. The third-order valence-electron chi connectivity index (χ3n) is 8.00. The van der Waals surface area contributed by atoms with Crippen LogP contribution in [0.2, 0.25) is 0 Å². The number of carbonyl (C=O) groups excluding carboxylic acids is 2. The van der Waals surface area contributed by atoms with E-state index in [2.05, 4.69) is 33.6 Å². The Balaban J connectivity index is 1.22. The minimum absolute atomic E-state index is 0.172. The fraction of sp³-hybridized carbons (Fsp3) is 0.913. The summed E-state index contributed by atoms with van der Waals surface area (Å²) in [7, 11) is 2.13. The van der Waals surface area contributed by atoms with Crippen molar-refractivity contribution in [2.24, 2.45) is 11.3 Å². The summed E-state index contributed by atoms with van der Waals surface area (Å²) in [6.07, 6.45) is 8.69. The molecule has 0 spiro atoms. The zero-order valence-corrected chi connectivity index (χ0v) is 18.6. The molecule has 0 N–H and O–H groups in total. The summed E-state index contributed by atoms with van der Waals surface area (Å²) in [4.78, 5) is 34.6. The largest absolute Gasteiger partial charge is 0.343 e. The third-order valence-corrected chi connectivity index (χ3v) is 8.00. The molecule has 0 aromatic rings. The van der Waals surface area contributed by atoms with Gasteiger partial charge < -0.3 is 14.7 Å². The van der Waals surface area contributed by atoms with E-state index in [9.17, 15) is 9.59 Å². The minimum atomic E-state index is 0.172. The summed E-state index contributed by atoms with van der Waals surface area (Å²) in [5, 5.41) is 0. The normalized spacial score (nSPS) is 29.1. The molecule has 0 aromatic carbocycles. The van der Waals surface area contributed by atoms with Crippen LogP contribution in [0.4, 0.5) is 0 Å². The number of piperidine rings is 2. The number of hydrogen-bond donors (Lipinski definition) is 0. The third kappa shape index (κ3) is 5.32. The number of nitrogens with zero attached hydrogens (tertiary/aromatic N) is 4. The highest BCUT2D eigenvalue weighted by molar-refractivity contribution is 5.79. The van der Waals surface area contributed by atoms with Crippen LogP contribution in [0.1, 0.15) is 58.3 Å². The predicted octanol–water partition coefficient (Wildman–Crippen LogP) is 2.04. The summed E-state index contributed by atoms with van der Waals surface area (Å²) in [6.45, 7) is 9.88. The molecule has 4 aliphatic rings. The fourth-order valence-electron chi connectivity index (χ4n) is 5.34. The van der Waals surface area contributed by atoms with E-state index in [1.54, 1.807) is 0 Å². The highest BCUT2D eigenvalue weighted by Gasteiger charge is 2.38. The molecular formula is C23H40N4O2. The fourth-order valence-corrected chi connectivity index (χ4v) is 5.34. The Morgan fingerprint density at radius 2 is 1.59 bits per heavy atom. The maximum Gasteiger partial charge on any atom is 0.227 e. The van der Waals surface area contributed by atoms with Crippen LogP contribution in [0.3, 0.4) is 0 Å². The second-order valence-electron chi connectivity index (χ2n) is 10.4. The molecule has 3 aliphatic heterocycles. The summed E-state index contributed by atoms with van der Waals surface area (Å²) in [5.41, 5.74) is 0.465. The number of likely N-dealkylation sites (tertiary alicyclic amines) is 2. The van der Waals surface area contributed by atoms with Gasteiger partial charge in [0.05, 0.1) is 5.92 Å². The van der Waals surface area contributed by atoms with Crippen molar-refractivity contribution in [1.82, 2.24) is 19.6 Å². The molecule has 0 radical (unpaired) electrons. The molecule has 0 bridgehead atoms. The number of piperazine rings is 1. The van der Waals surface area contributed by atoms with Gasteiger partial charge in [0.2, 0.25) is 11.8 Å². The molecule has 3 heterocycles. The lowest BCUT2D eigenvalue weighted by molar-refractivity contribution is -0.139. The van der Waals surface area contributed by atoms with E-state index in [1.165, 1.54) is 12.8 Å². The summed E-state index contributed by atoms with van der Waals surface area (Å²) < 4.78 is 0. The van der Waals surface area contributed by atoms with Crippen LogP contribution in [-0.4, -0.2) is 96.9 Å². The molecule has 3 saturated heterocycles. The molecule has 1 atom stereocenters. The number of amides is 2. The minimum Gasteiger partial charge on any atom is -0.343 e. The molecule has 6 nitrogen and oxygen atoms in total. The Bertz CT molecular complexity index is 590. The molecule has 6 heteroatoms. The van der Waals surface area contributed by atoms with Gasteiger partial charge in [-0.05, 0) is 64.0 Å². The Morgan fingerprint density at radius 3 is 2.24 bits per heavy atom. The molecule has 164 valence electrons. The number of hydrogen-bond acceptors (Lipinski definition) is 4. The highest BCUT2D eigenvalue weighted by atomic mass is 16.2. The van der Waals surface area contributed by atoms with E-state index in [0.717, 1.165) is 90.9 Å². The maximum absolute atomic E-state index is 13.0. The molecular weight excluding hydrogens is 364 g/mol. The van der Waals surface area contributed by atoms with Crippen molar-refractivity contribution in [2.45, 2.75) is 64.3 Å². The van der Waals surface area contributed by atoms with Crippen molar-refractivity contribution >= 4 is 11.8 Å². The second kappa shape index (κ2) is 8.93. The first kappa shape index (κ1) is 21.1. The average molecular weight is 405 g/mol. The highest BCUT2D eigenvalue weighted by Crippen LogP contribution is 2.49. The maximum atomic E-state index is 13.0. The molecule has 4 fully saturated rings. The van der Waals surface area contributed by atoms with Gasteiger partial charge >= 0.3 is 0 Å². The number of likely N-dealkylation sites (N-methyl/N-ethyl adjacent to an activating group) is 1. The Kier molecular flexibility index (Phi) is 6.50. The van der Waals surface area contributed by atoms with Crippen LogP contribution in [0.5, 0.6) is 0 Å². The zero-order chi connectivity index (χ0) is 20.4. The van der Waals surface area contributed by atoms with Gasteiger partial charge in [-0.3, -0.25) is 14.5 Å². The smallest absolute Gasteiger partial charge is 0.227 e. The van der Waals surface area contributed by atoms with Gasteiger partial charge in [-0.15, -0.1) is 0 Å². The van der Waals surface area contributed by atoms with Crippen molar-refractivity contribution in [3.8, 4) is 0 Å². The van der Waals surface area contributed by atoms with E-state index >= 15 is 0 Å². The van der Waals surface area contributed by atoms with Crippen molar-refractivity contribution in [2.75, 3.05) is 59.4 Å². The first-order valence-electron chi connectivity index (χ1n) is 11.9. The Morgan fingerprint density at radius 1 is 0.897 bits per heavy atom. The Labute approximate surface area is 176 Å². The van der Waals surface area contributed by atoms with Crippen LogP contribution in [0.15, 0.2) is 0 Å². The summed E-state index contributed by atoms with van der Waals surface area (Å²) in [6, 6.07) is 0.545.